The third kappa shape index (κ3) is 5.53. The van der Waals surface area contributed by atoms with Crippen LogP contribution >= 0.6 is 0 Å². The highest BCUT2D eigenvalue weighted by Crippen LogP contribution is 2.36. The van der Waals surface area contributed by atoms with E-state index in [4.69, 9.17) is 9.29 Å². The standard InChI is InChI=1S/C19H28O6S/c1-3-19(21,4-2)13-14-5-7-15(8-6-14)18(20)25-16-9-11-17(12-10-16)26(22,23)24/h9-12,14-15,21H,3-8,13H2,1-2H3,(H,22,23,24). The molecule has 0 heterocycles. The Morgan fingerprint density at radius 1 is 1.12 bits per heavy atom. The van der Waals surface area contributed by atoms with E-state index in [2.05, 4.69) is 0 Å². The highest BCUT2D eigenvalue weighted by molar-refractivity contribution is 7.85. The molecule has 1 aliphatic rings. The third-order valence-corrected chi connectivity index (χ3v) is 6.37. The lowest BCUT2D eigenvalue weighted by Crippen LogP contribution is -2.33. The smallest absolute Gasteiger partial charge is 0.314 e. The second-order valence-corrected chi connectivity index (χ2v) is 8.64. The van der Waals surface area contributed by atoms with Gasteiger partial charge in [-0.25, -0.2) is 0 Å². The molecule has 7 heteroatoms. The lowest BCUT2D eigenvalue weighted by atomic mass is 9.75. The van der Waals surface area contributed by atoms with Crippen LogP contribution in [0.2, 0.25) is 0 Å². The Kier molecular flexibility index (Phi) is 6.82. The maximum Gasteiger partial charge on any atom is 0.314 e. The van der Waals surface area contributed by atoms with E-state index in [1.807, 2.05) is 13.8 Å². The Balaban J connectivity index is 1.87. The fourth-order valence-electron chi connectivity index (χ4n) is 3.56. The molecule has 0 aromatic heterocycles. The van der Waals surface area contributed by atoms with Crippen LogP contribution in [0.25, 0.3) is 0 Å². The lowest BCUT2D eigenvalue weighted by Gasteiger charge is -2.34. The summed E-state index contributed by atoms with van der Waals surface area (Å²) in [5, 5.41) is 10.5. The first-order valence-corrected chi connectivity index (χ1v) is 10.6. The molecule has 146 valence electrons. The van der Waals surface area contributed by atoms with E-state index in [0.29, 0.717) is 5.92 Å². The Morgan fingerprint density at radius 2 is 1.65 bits per heavy atom. The number of ether oxygens (including phenoxy) is 1. The number of aliphatic hydroxyl groups is 1. The topological polar surface area (TPSA) is 101 Å². The van der Waals surface area contributed by atoms with E-state index in [0.717, 1.165) is 44.9 Å². The summed E-state index contributed by atoms with van der Waals surface area (Å²) in [7, 11) is -4.26. The fraction of sp³-hybridized carbons (Fsp3) is 0.632. The van der Waals surface area contributed by atoms with Gasteiger partial charge in [0.25, 0.3) is 10.1 Å². The molecule has 1 fully saturated rings. The van der Waals surface area contributed by atoms with Crippen molar-refractivity contribution in [1.29, 1.82) is 0 Å². The van der Waals surface area contributed by atoms with Gasteiger partial charge in [0.1, 0.15) is 5.75 Å². The molecule has 0 unspecified atom stereocenters. The molecule has 2 rings (SSSR count). The molecule has 1 aromatic rings. The number of rotatable bonds is 7. The molecule has 0 saturated heterocycles. The first-order valence-electron chi connectivity index (χ1n) is 9.18. The summed E-state index contributed by atoms with van der Waals surface area (Å²) < 4.78 is 36.3. The van der Waals surface area contributed by atoms with Crippen molar-refractivity contribution in [3.8, 4) is 5.75 Å². The molecule has 0 atom stereocenters. The minimum Gasteiger partial charge on any atom is -0.426 e. The fourth-order valence-corrected chi connectivity index (χ4v) is 4.04. The van der Waals surface area contributed by atoms with Gasteiger partial charge in [-0.2, -0.15) is 8.42 Å². The monoisotopic (exact) mass is 384 g/mol. The summed E-state index contributed by atoms with van der Waals surface area (Å²) in [6.45, 7) is 4.00. The third-order valence-electron chi connectivity index (χ3n) is 5.50. The highest BCUT2D eigenvalue weighted by atomic mass is 32.2. The maximum absolute atomic E-state index is 12.3. The molecule has 0 bridgehead atoms. The average molecular weight is 384 g/mol. The number of hydrogen-bond donors (Lipinski definition) is 2. The Bertz CT molecular complexity index is 698. The molecule has 26 heavy (non-hydrogen) atoms. The predicted octanol–water partition coefficient (Wildman–Crippen LogP) is 3.59. The molecule has 6 nitrogen and oxygen atoms in total. The second kappa shape index (κ2) is 8.50. The number of hydrogen-bond acceptors (Lipinski definition) is 5. The maximum atomic E-state index is 12.3. The van der Waals surface area contributed by atoms with Gasteiger partial charge in [0.15, 0.2) is 0 Å². The Morgan fingerprint density at radius 3 is 2.12 bits per heavy atom. The van der Waals surface area contributed by atoms with Crippen molar-refractivity contribution in [3.05, 3.63) is 24.3 Å². The number of esters is 1. The van der Waals surface area contributed by atoms with Gasteiger partial charge in [-0.15, -0.1) is 0 Å². The Hall–Kier alpha value is -1.44. The van der Waals surface area contributed by atoms with E-state index in [-0.39, 0.29) is 22.5 Å². The SMILES string of the molecule is CCC(O)(CC)CC1CCC(C(=O)Oc2ccc(S(=O)(=O)O)cc2)CC1. The van der Waals surface area contributed by atoms with Crippen LogP contribution in [0.4, 0.5) is 0 Å². The summed E-state index contributed by atoms with van der Waals surface area (Å²) in [6.07, 6.45) is 5.51. The van der Waals surface area contributed by atoms with Crippen molar-refractivity contribution >= 4 is 16.1 Å². The van der Waals surface area contributed by atoms with Crippen LogP contribution in [-0.2, 0) is 14.9 Å². The zero-order valence-electron chi connectivity index (χ0n) is 15.3. The quantitative estimate of drug-likeness (QED) is 0.423. The van der Waals surface area contributed by atoms with E-state index in [9.17, 15) is 18.3 Å². The summed E-state index contributed by atoms with van der Waals surface area (Å²) >= 11 is 0. The molecular formula is C19H28O6S. The molecule has 1 aliphatic carbocycles. The first-order chi connectivity index (χ1) is 12.2. The average Bonchev–Trinajstić information content (AvgIpc) is 2.62. The van der Waals surface area contributed by atoms with Crippen molar-refractivity contribution in [3.63, 3.8) is 0 Å². The zero-order valence-corrected chi connectivity index (χ0v) is 16.2. The van der Waals surface area contributed by atoms with Crippen LogP contribution in [-0.4, -0.2) is 29.6 Å². The van der Waals surface area contributed by atoms with Gasteiger partial charge < -0.3 is 9.84 Å². The molecular weight excluding hydrogens is 356 g/mol. The van der Waals surface area contributed by atoms with E-state index < -0.39 is 15.7 Å². The van der Waals surface area contributed by atoms with Crippen molar-refractivity contribution in [2.45, 2.75) is 69.3 Å². The van der Waals surface area contributed by atoms with Crippen LogP contribution in [0.1, 0.15) is 58.8 Å². The van der Waals surface area contributed by atoms with Crippen LogP contribution in [0.5, 0.6) is 5.75 Å². The van der Waals surface area contributed by atoms with Gasteiger partial charge in [-0.05, 0) is 75.1 Å². The zero-order chi connectivity index (χ0) is 19.4. The summed E-state index contributed by atoms with van der Waals surface area (Å²) in [4.78, 5) is 12.1. The second-order valence-electron chi connectivity index (χ2n) is 7.22. The summed E-state index contributed by atoms with van der Waals surface area (Å²) in [5.74, 6) is 0.196. The number of carbonyl (C=O) groups excluding carboxylic acids is 1. The van der Waals surface area contributed by atoms with Crippen molar-refractivity contribution in [2.24, 2.45) is 11.8 Å². The van der Waals surface area contributed by atoms with E-state index >= 15 is 0 Å². The van der Waals surface area contributed by atoms with E-state index in [1.165, 1.54) is 24.3 Å². The number of benzene rings is 1. The van der Waals surface area contributed by atoms with Gasteiger partial charge in [0.2, 0.25) is 0 Å². The molecule has 1 saturated carbocycles. The molecule has 0 radical (unpaired) electrons. The summed E-state index contributed by atoms with van der Waals surface area (Å²) in [6, 6.07) is 5.11. The first kappa shape index (κ1) is 20.9. The Labute approximate surface area is 155 Å². The van der Waals surface area contributed by atoms with Gasteiger partial charge >= 0.3 is 5.97 Å². The minimum absolute atomic E-state index is 0.177. The molecule has 1 aromatic carbocycles. The minimum atomic E-state index is -4.26. The normalized spacial score (nSPS) is 21.4. The van der Waals surface area contributed by atoms with E-state index in [1.54, 1.807) is 0 Å². The van der Waals surface area contributed by atoms with Crippen molar-refractivity contribution in [1.82, 2.24) is 0 Å². The van der Waals surface area contributed by atoms with Gasteiger partial charge in [-0.1, -0.05) is 13.8 Å². The van der Waals surface area contributed by atoms with Gasteiger partial charge in [0, 0.05) is 0 Å². The van der Waals surface area contributed by atoms with Gasteiger partial charge in [-0.3, -0.25) is 9.35 Å². The number of carbonyl (C=O) groups is 1. The highest BCUT2D eigenvalue weighted by Gasteiger charge is 2.32. The molecule has 0 aliphatic heterocycles. The predicted molar refractivity (Wildman–Crippen MR) is 97.5 cm³/mol. The summed E-state index contributed by atoms with van der Waals surface area (Å²) in [5.41, 5.74) is -0.604. The molecule has 0 amide bonds. The van der Waals surface area contributed by atoms with Crippen LogP contribution in [0.3, 0.4) is 0 Å². The molecule has 0 spiro atoms. The molecule has 2 N–H and O–H groups in total. The largest absolute Gasteiger partial charge is 0.426 e. The lowest BCUT2D eigenvalue weighted by molar-refractivity contribution is -0.140. The van der Waals surface area contributed by atoms with Crippen molar-refractivity contribution < 1.29 is 27.6 Å². The van der Waals surface area contributed by atoms with Gasteiger partial charge in [0.05, 0.1) is 16.4 Å². The van der Waals surface area contributed by atoms with Crippen molar-refractivity contribution in [2.75, 3.05) is 0 Å². The van der Waals surface area contributed by atoms with Crippen LogP contribution < -0.4 is 4.74 Å². The van der Waals surface area contributed by atoms with Crippen LogP contribution in [0, 0.1) is 11.8 Å². The van der Waals surface area contributed by atoms with Crippen LogP contribution in [0.15, 0.2) is 29.2 Å².